The van der Waals surface area contributed by atoms with Gasteiger partial charge in [-0.3, -0.25) is 0 Å². The summed E-state index contributed by atoms with van der Waals surface area (Å²) in [6.45, 7) is 8.29. The lowest BCUT2D eigenvalue weighted by Crippen LogP contribution is -2.17. The second kappa shape index (κ2) is 6.89. The number of benzene rings is 2. The van der Waals surface area contributed by atoms with Crippen molar-refractivity contribution in [3.63, 3.8) is 0 Å². The Morgan fingerprint density at radius 1 is 1.00 bits per heavy atom. The van der Waals surface area contributed by atoms with Crippen LogP contribution in [-0.2, 0) is 0 Å². The molecular formula is C19H19F2NSi. The minimum absolute atomic E-state index is 0.220. The summed E-state index contributed by atoms with van der Waals surface area (Å²) in [6, 6.07) is 11.0. The molecule has 0 unspecified atom stereocenters. The Balaban J connectivity index is 2.55. The minimum atomic E-state index is -1.65. The third-order valence-electron chi connectivity index (χ3n) is 3.02. The fraction of sp³-hybridized carbons (Fsp3) is 0.211. The summed E-state index contributed by atoms with van der Waals surface area (Å²) in [7, 11) is -1.65. The highest BCUT2D eigenvalue weighted by molar-refractivity contribution is 6.84. The molecule has 23 heavy (non-hydrogen) atoms. The largest absolute Gasteiger partial charge is 0.239 e. The summed E-state index contributed by atoms with van der Waals surface area (Å²) in [5, 5.41) is 0. The van der Waals surface area contributed by atoms with Crippen LogP contribution in [0.5, 0.6) is 0 Å². The highest BCUT2D eigenvalue weighted by Gasteiger charge is 2.12. The predicted molar refractivity (Wildman–Crippen MR) is 94.9 cm³/mol. The molecule has 0 amide bonds. The van der Waals surface area contributed by atoms with Gasteiger partial charge in [0.05, 0.1) is 5.69 Å². The van der Waals surface area contributed by atoms with Crippen LogP contribution in [0.1, 0.15) is 11.1 Å². The second-order valence-corrected chi connectivity index (χ2v) is 11.2. The molecule has 0 aliphatic heterocycles. The second-order valence-electron chi connectivity index (χ2n) is 6.42. The van der Waals surface area contributed by atoms with Gasteiger partial charge in [0.1, 0.15) is 25.4 Å². The minimum Gasteiger partial charge on any atom is -0.239 e. The first-order valence-corrected chi connectivity index (χ1v) is 10.9. The Morgan fingerprint density at radius 2 is 1.65 bits per heavy atom. The topological polar surface area (TPSA) is 12.4 Å². The Bertz CT molecular complexity index is 791. The summed E-state index contributed by atoms with van der Waals surface area (Å²) < 4.78 is 27.3. The molecule has 2 aromatic carbocycles. The highest BCUT2D eigenvalue weighted by atomic mass is 28.3. The van der Waals surface area contributed by atoms with Gasteiger partial charge in [-0.2, -0.15) is 0 Å². The normalized spacial score (nSPS) is 11.8. The average molecular weight is 327 g/mol. The summed E-state index contributed by atoms with van der Waals surface area (Å²) in [5.41, 5.74) is 5.55. The van der Waals surface area contributed by atoms with Crippen molar-refractivity contribution in [2.24, 2.45) is 4.99 Å². The fourth-order valence-corrected chi connectivity index (χ4v) is 2.33. The molecule has 0 bridgehead atoms. The van der Waals surface area contributed by atoms with Gasteiger partial charge in [-0.15, -0.1) is 5.54 Å². The van der Waals surface area contributed by atoms with Crippen molar-refractivity contribution in [3.05, 3.63) is 65.2 Å². The number of halogens is 2. The number of aryl methyl sites for hydroxylation is 1. The molecule has 118 valence electrons. The third kappa shape index (κ3) is 5.15. The fourth-order valence-electron chi connectivity index (χ4n) is 1.83. The van der Waals surface area contributed by atoms with Gasteiger partial charge in [-0.05, 0) is 31.2 Å². The van der Waals surface area contributed by atoms with E-state index in [1.165, 1.54) is 12.1 Å². The van der Waals surface area contributed by atoms with E-state index >= 15 is 0 Å². The summed E-state index contributed by atoms with van der Waals surface area (Å²) in [6.07, 6.45) is 0. The molecule has 0 saturated carbocycles. The quantitative estimate of drug-likeness (QED) is 0.404. The van der Waals surface area contributed by atoms with Gasteiger partial charge >= 0.3 is 0 Å². The van der Waals surface area contributed by atoms with E-state index in [0.29, 0.717) is 11.4 Å². The van der Waals surface area contributed by atoms with Crippen molar-refractivity contribution in [1.29, 1.82) is 0 Å². The van der Waals surface area contributed by atoms with Crippen LogP contribution in [0.2, 0.25) is 19.6 Å². The summed E-state index contributed by atoms with van der Waals surface area (Å²) >= 11 is 0. The van der Waals surface area contributed by atoms with Crippen molar-refractivity contribution in [2.75, 3.05) is 0 Å². The SMILES string of the molecule is Cc1ccc(N=C(C#C[Si](C)(C)C)c2ccc(F)cc2F)cc1. The van der Waals surface area contributed by atoms with Crippen LogP contribution in [0.25, 0.3) is 0 Å². The molecular weight excluding hydrogens is 308 g/mol. The number of nitrogens with zero attached hydrogens (tertiary/aromatic N) is 1. The average Bonchev–Trinajstić information content (AvgIpc) is 2.45. The molecule has 1 nitrogen and oxygen atoms in total. The third-order valence-corrected chi connectivity index (χ3v) is 3.89. The Labute approximate surface area is 137 Å². The Kier molecular flexibility index (Phi) is 5.12. The van der Waals surface area contributed by atoms with E-state index in [1.54, 1.807) is 0 Å². The van der Waals surface area contributed by atoms with Crippen LogP contribution in [-0.4, -0.2) is 13.8 Å². The molecule has 0 fully saturated rings. The van der Waals surface area contributed by atoms with Crippen LogP contribution in [0, 0.1) is 30.0 Å². The number of hydrogen-bond donors (Lipinski definition) is 0. The van der Waals surface area contributed by atoms with Crippen LogP contribution in [0.15, 0.2) is 47.5 Å². The van der Waals surface area contributed by atoms with Crippen LogP contribution in [0.4, 0.5) is 14.5 Å². The molecule has 0 radical (unpaired) electrons. The molecule has 0 heterocycles. The van der Waals surface area contributed by atoms with Crippen molar-refractivity contribution in [1.82, 2.24) is 0 Å². The van der Waals surface area contributed by atoms with Gasteiger partial charge in [0.25, 0.3) is 0 Å². The van der Waals surface area contributed by atoms with E-state index in [0.717, 1.165) is 11.6 Å². The Hall–Kier alpha value is -2.25. The number of aliphatic imine (C=N–C) groups is 1. The van der Waals surface area contributed by atoms with Crippen molar-refractivity contribution < 1.29 is 8.78 Å². The maximum absolute atomic E-state index is 14.1. The number of rotatable bonds is 2. The molecule has 2 rings (SSSR count). The lowest BCUT2D eigenvalue weighted by molar-refractivity contribution is 0.582. The van der Waals surface area contributed by atoms with E-state index < -0.39 is 19.7 Å². The summed E-state index contributed by atoms with van der Waals surface area (Å²) in [4.78, 5) is 4.47. The molecule has 0 aromatic heterocycles. The van der Waals surface area contributed by atoms with Gasteiger partial charge in [-0.1, -0.05) is 43.3 Å². The van der Waals surface area contributed by atoms with Crippen molar-refractivity contribution in [3.8, 4) is 11.5 Å². The van der Waals surface area contributed by atoms with Gasteiger partial charge in [0.2, 0.25) is 0 Å². The van der Waals surface area contributed by atoms with E-state index in [2.05, 4.69) is 36.1 Å². The highest BCUT2D eigenvalue weighted by Crippen LogP contribution is 2.17. The molecule has 0 saturated heterocycles. The van der Waals surface area contributed by atoms with Gasteiger partial charge < -0.3 is 0 Å². The van der Waals surface area contributed by atoms with E-state index in [-0.39, 0.29) is 5.56 Å². The molecule has 0 aliphatic rings. The lowest BCUT2D eigenvalue weighted by Gasteiger charge is -2.06. The van der Waals surface area contributed by atoms with Gasteiger partial charge in [0.15, 0.2) is 0 Å². The van der Waals surface area contributed by atoms with Crippen molar-refractivity contribution in [2.45, 2.75) is 26.6 Å². The maximum Gasteiger partial charge on any atom is 0.136 e. The maximum atomic E-state index is 14.1. The standard InChI is InChI=1S/C19H19F2NSi/c1-14-5-8-16(9-6-14)22-19(11-12-23(2,3)4)17-10-7-15(20)13-18(17)21/h5-10,13H,1-4H3. The molecule has 0 N–H and O–H groups in total. The van der Waals surface area contributed by atoms with Crippen LogP contribution in [0.3, 0.4) is 0 Å². The first-order valence-electron chi connectivity index (χ1n) is 7.38. The molecule has 4 heteroatoms. The van der Waals surface area contributed by atoms with E-state index in [4.69, 9.17) is 0 Å². The predicted octanol–water partition coefficient (Wildman–Crippen LogP) is 5.27. The van der Waals surface area contributed by atoms with Crippen molar-refractivity contribution >= 4 is 19.5 Å². The summed E-state index contributed by atoms with van der Waals surface area (Å²) in [5.74, 6) is 1.73. The zero-order chi connectivity index (χ0) is 17.0. The lowest BCUT2D eigenvalue weighted by atomic mass is 10.1. The van der Waals surface area contributed by atoms with E-state index in [9.17, 15) is 8.78 Å². The molecule has 0 aliphatic carbocycles. The zero-order valence-electron chi connectivity index (χ0n) is 13.7. The van der Waals surface area contributed by atoms with Gasteiger partial charge in [0, 0.05) is 11.6 Å². The zero-order valence-corrected chi connectivity index (χ0v) is 14.7. The van der Waals surface area contributed by atoms with E-state index in [1.807, 2.05) is 31.2 Å². The molecule has 0 atom stereocenters. The smallest absolute Gasteiger partial charge is 0.136 e. The first-order chi connectivity index (χ1) is 10.7. The molecule has 0 spiro atoms. The monoisotopic (exact) mass is 327 g/mol. The van der Waals surface area contributed by atoms with Crippen LogP contribution < -0.4 is 0 Å². The number of hydrogen-bond acceptors (Lipinski definition) is 1. The Morgan fingerprint density at radius 3 is 2.22 bits per heavy atom. The van der Waals surface area contributed by atoms with Gasteiger partial charge in [-0.25, -0.2) is 13.8 Å². The molecule has 2 aromatic rings. The first kappa shape index (κ1) is 17.1. The van der Waals surface area contributed by atoms with Crippen LogP contribution >= 0.6 is 0 Å².